The average Bonchev–Trinajstić information content (AvgIpc) is 3.10. The Hall–Kier alpha value is -0.920. The molecule has 5 nitrogen and oxygen atoms in total. The number of nitrogens with one attached hydrogen (secondary N) is 1. The Morgan fingerprint density at radius 1 is 1.60 bits per heavy atom. The Morgan fingerprint density at radius 2 is 2.25 bits per heavy atom. The molecular formula is C13H21N3O2S2. The van der Waals surface area contributed by atoms with E-state index >= 15 is 0 Å². The number of amidine groups is 1. The quantitative estimate of drug-likeness (QED) is 0.337. The van der Waals surface area contributed by atoms with Gasteiger partial charge in [0, 0.05) is 15.8 Å². The van der Waals surface area contributed by atoms with Crippen LogP contribution in [-0.2, 0) is 11.0 Å². The second kappa shape index (κ2) is 5.83. The van der Waals surface area contributed by atoms with E-state index in [0.29, 0.717) is 11.5 Å². The molecule has 1 aliphatic carbocycles. The molecule has 1 aromatic heterocycles. The predicted molar refractivity (Wildman–Crippen MR) is 83.3 cm³/mol. The first-order valence-electron chi connectivity index (χ1n) is 6.57. The average molecular weight is 315 g/mol. The van der Waals surface area contributed by atoms with Crippen molar-refractivity contribution < 1.29 is 9.42 Å². The van der Waals surface area contributed by atoms with Crippen LogP contribution in [0.4, 0.5) is 0 Å². The molecule has 2 rings (SSSR count). The molecule has 20 heavy (non-hydrogen) atoms. The van der Waals surface area contributed by atoms with Crippen LogP contribution in [0.25, 0.3) is 0 Å². The summed E-state index contributed by atoms with van der Waals surface area (Å²) in [4.78, 5) is 1.09. The third-order valence-corrected chi connectivity index (χ3v) is 5.81. The molecule has 1 heterocycles. The van der Waals surface area contributed by atoms with Crippen molar-refractivity contribution in [2.45, 2.75) is 44.4 Å². The van der Waals surface area contributed by atoms with Crippen LogP contribution in [0.3, 0.4) is 0 Å². The highest BCUT2D eigenvalue weighted by molar-refractivity contribution is 7.84. The highest BCUT2D eigenvalue weighted by Gasteiger charge is 2.36. The van der Waals surface area contributed by atoms with Crippen molar-refractivity contribution >= 4 is 28.2 Å². The van der Waals surface area contributed by atoms with Gasteiger partial charge < -0.3 is 10.9 Å². The molecule has 2 atom stereocenters. The number of nitrogens with zero attached hydrogens (tertiary/aromatic N) is 1. The Bertz CT molecular complexity index is 530. The van der Waals surface area contributed by atoms with E-state index in [1.165, 1.54) is 0 Å². The molecule has 7 heteroatoms. The standard InChI is InChI=1S/C13H21N3O2S2/c1-13(2,3)20(18)16-11(8-4-5-8)10-6-9(7-19-10)12(14)15-17/h6-8,11,16-17H,4-5H2,1-3H3,(H2,14,15)/t11-,20?/m1/s1. The van der Waals surface area contributed by atoms with Gasteiger partial charge in [-0.2, -0.15) is 0 Å². The van der Waals surface area contributed by atoms with Crippen molar-refractivity contribution in [2.24, 2.45) is 16.8 Å². The lowest BCUT2D eigenvalue weighted by Gasteiger charge is -2.23. The maximum atomic E-state index is 12.3. The van der Waals surface area contributed by atoms with Gasteiger partial charge in [-0.1, -0.05) is 5.16 Å². The minimum atomic E-state index is -1.11. The molecule has 1 aromatic rings. The van der Waals surface area contributed by atoms with Crippen LogP contribution in [0.5, 0.6) is 0 Å². The van der Waals surface area contributed by atoms with Gasteiger partial charge in [0.25, 0.3) is 0 Å². The van der Waals surface area contributed by atoms with Crippen LogP contribution >= 0.6 is 11.3 Å². The van der Waals surface area contributed by atoms with Gasteiger partial charge in [-0.25, -0.2) is 8.93 Å². The van der Waals surface area contributed by atoms with Gasteiger partial charge in [-0.15, -0.1) is 11.3 Å². The molecule has 1 unspecified atom stereocenters. The summed E-state index contributed by atoms with van der Waals surface area (Å²) in [6.45, 7) is 5.86. The maximum absolute atomic E-state index is 12.3. The summed E-state index contributed by atoms with van der Waals surface area (Å²) in [5.74, 6) is 0.638. The lowest BCUT2D eigenvalue weighted by molar-refractivity contribution is 0.318. The minimum absolute atomic E-state index is 0.0836. The van der Waals surface area contributed by atoms with Crippen LogP contribution in [0, 0.1) is 5.92 Å². The lowest BCUT2D eigenvalue weighted by Crippen LogP contribution is -2.36. The molecule has 0 amide bonds. The Morgan fingerprint density at radius 3 is 2.75 bits per heavy atom. The van der Waals surface area contributed by atoms with E-state index in [1.54, 1.807) is 11.3 Å². The van der Waals surface area contributed by atoms with Gasteiger partial charge in [0.15, 0.2) is 5.84 Å². The summed E-state index contributed by atoms with van der Waals surface area (Å²) >= 11 is 1.55. The molecule has 0 saturated heterocycles. The molecule has 4 N–H and O–H groups in total. The first kappa shape index (κ1) is 15.5. The second-order valence-corrected chi connectivity index (χ2v) is 8.98. The second-order valence-electron chi connectivity index (χ2n) is 6.04. The normalized spacial score (nSPS) is 19.9. The van der Waals surface area contributed by atoms with Gasteiger partial charge in [0.05, 0.1) is 21.8 Å². The van der Waals surface area contributed by atoms with Crippen molar-refractivity contribution in [1.82, 2.24) is 4.72 Å². The largest absolute Gasteiger partial charge is 0.409 e. The van der Waals surface area contributed by atoms with Crippen LogP contribution in [0.2, 0.25) is 0 Å². The number of thiophene rings is 1. The zero-order valence-corrected chi connectivity index (χ0v) is 13.6. The minimum Gasteiger partial charge on any atom is -0.409 e. The molecule has 1 aliphatic rings. The van der Waals surface area contributed by atoms with E-state index in [0.717, 1.165) is 17.7 Å². The van der Waals surface area contributed by atoms with Crippen LogP contribution in [0.1, 0.15) is 50.1 Å². The fourth-order valence-corrected chi connectivity index (χ4v) is 3.84. The summed E-state index contributed by atoms with van der Waals surface area (Å²) in [6, 6.07) is 2.00. The van der Waals surface area contributed by atoms with Gasteiger partial charge in [0.2, 0.25) is 0 Å². The Kier molecular flexibility index (Phi) is 4.51. The fraction of sp³-hybridized carbons (Fsp3) is 0.615. The van der Waals surface area contributed by atoms with Crippen molar-refractivity contribution in [3.8, 4) is 0 Å². The zero-order valence-electron chi connectivity index (χ0n) is 11.9. The van der Waals surface area contributed by atoms with E-state index in [1.807, 2.05) is 32.2 Å². The summed E-state index contributed by atoms with van der Waals surface area (Å²) in [5.41, 5.74) is 6.31. The number of hydrogen-bond acceptors (Lipinski definition) is 4. The smallest absolute Gasteiger partial charge is 0.170 e. The summed E-state index contributed by atoms with van der Waals surface area (Å²) in [7, 11) is -1.11. The van der Waals surface area contributed by atoms with E-state index in [2.05, 4.69) is 9.88 Å². The zero-order chi connectivity index (χ0) is 14.9. The van der Waals surface area contributed by atoms with E-state index in [4.69, 9.17) is 10.9 Å². The Labute approximate surface area is 125 Å². The molecule has 112 valence electrons. The molecule has 0 spiro atoms. The first-order valence-corrected chi connectivity index (χ1v) is 8.60. The van der Waals surface area contributed by atoms with E-state index in [-0.39, 0.29) is 16.6 Å². The first-order chi connectivity index (χ1) is 9.32. The van der Waals surface area contributed by atoms with Gasteiger partial charge in [0.1, 0.15) is 0 Å². The van der Waals surface area contributed by atoms with Crippen LogP contribution in [0.15, 0.2) is 16.6 Å². The van der Waals surface area contributed by atoms with Crippen LogP contribution < -0.4 is 10.5 Å². The predicted octanol–water partition coefficient (Wildman–Crippen LogP) is 2.35. The van der Waals surface area contributed by atoms with Crippen molar-refractivity contribution in [2.75, 3.05) is 0 Å². The monoisotopic (exact) mass is 315 g/mol. The summed E-state index contributed by atoms with van der Waals surface area (Å²) in [5, 5.41) is 13.6. The maximum Gasteiger partial charge on any atom is 0.170 e. The molecule has 0 bridgehead atoms. The molecule has 1 saturated carbocycles. The molecule has 0 aromatic carbocycles. The van der Waals surface area contributed by atoms with Crippen molar-refractivity contribution in [3.05, 3.63) is 21.9 Å². The number of hydrogen-bond donors (Lipinski definition) is 3. The third kappa shape index (κ3) is 3.59. The Balaban J connectivity index is 2.17. The molecule has 1 fully saturated rings. The molecule has 0 radical (unpaired) electrons. The van der Waals surface area contributed by atoms with Crippen molar-refractivity contribution in [3.63, 3.8) is 0 Å². The molecular weight excluding hydrogens is 294 g/mol. The fourth-order valence-electron chi connectivity index (χ4n) is 1.82. The third-order valence-electron chi connectivity index (χ3n) is 3.21. The van der Waals surface area contributed by atoms with Crippen molar-refractivity contribution in [1.29, 1.82) is 0 Å². The van der Waals surface area contributed by atoms with E-state index in [9.17, 15) is 4.21 Å². The summed E-state index contributed by atoms with van der Waals surface area (Å²) in [6.07, 6.45) is 2.30. The number of nitrogens with two attached hydrogens (primary N) is 1. The van der Waals surface area contributed by atoms with Crippen LogP contribution in [-0.4, -0.2) is 20.0 Å². The molecule has 0 aliphatic heterocycles. The lowest BCUT2D eigenvalue weighted by atomic mass is 10.1. The number of rotatable bonds is 5. The SMILES string of the molecule is CC(C)(C)S(=O)N[C@@H](c1cc(/C(N)=N/O)cs1)C1CC1. The topological polar surface area (TPSA) is 87.7 Å². The summed E-state index contributed by atoms with van der Waals surface area (Å²) < 4.78 is 15.2. The number of oxime groups is 1. The highest BCUT2D eigenvalue weighted by Crippen LogP contribution is 2.43. The van der Waals surface area contributed by atoms with Gasteiger partial charge in [-0.3, -0.25) is 0 Å². The van der Waals surface area contributed by atoms with Gasteiger partial charge in [-0.05, 0) is 45.6 Å². The highest BCUT2D eigenvalue weighted by atomic mass is 32.2. The van der Waals surface area contributed by atoms with E-state index < -0.39 is 11.0 Å². The van der Waals surface area contributed by atoms with Gasteiger partial charge >= 0.3 is 0 Å².